The third kappa shape index (κ3) is 41.6. The van der Waals surface area contributed by atoms with Gasteiger partial charge in [-0.1, -0.05) is 236 Å². The Morgan fingerprint density at radius 2 is 0.614 bits per heavy atom. The third-order valence-electron chi connectivity index (χ3n) is 21.0. The molecule has 0 saturated carbocycles. The molecule has 0 bridgehead atoms. The van der Waals surface area contributed by atoms with Crippen molar-refractivity contribution in [1.82, 2.24) is 44.9 Å². The van der Waals surface area contributed by atoms with Crippen molar-refractivity contribution in [2.24, 2.45) is 0 Å². The number of benzene rings is 12. The summed E-state index contributed by atoms with van der Waals surface area (Å²) in [5.41, 5.74) is 34.0. The maximum absolute atomic E-state index is 4.49. The van der Waals surface area contributed by atoms with Gasteiger partial charge in [0.05, 0.1) is 0 Å². The molecule has 747 valence electrons. The zero-order chi connectivity index (χ0) is 94.6. The van der Waals surface area contributed by atoms with Gasteiger partial charge in [-0.2, -0.15) is 0 Å². The third-order valence-corrected chi connectivity index (χ3v) is 21.0. The van der Waals surface area contributed by atoms with Crippen LogP contribution in [0.25, 0.3) is 135 Å². The predicted octanol–water partition coefficient (Wildman–Crippen LogP) is 31.1. The number of pyridine rings is 9. The van der Waals surface area contributed by atoms with E-state index < -0.39 is 0 Å². The first-order valence-electron chi connectivity index (χ1n) is 45.0. The first-order chi connectivity index (χ1) is 66.6. The maximum Gasteiger partial charge on any atom is 0.0239 e. The molecule has 0 fully saturated rings. The number of aromatic nitrogens is 9. The molecule has 21 aromatic rings. The molecule has 0 amide bonds. The van der Waals surface area contributed by atoms with Crippen LogP contribution in [-0.2, 0) is 186 Å². The van der Waals surface area contributed by atoms with Gasteiger partial charge in [0.2, 0.25) is 0 Å². The molecular weight excluding hydrogens is 3380 g/mol. The second-order valence-corrected chi connectivity index (χ2v) is 32.5. The Kier molecular flexibility index (Phi) is 60.1. The molecule has 0 atom stereocenters. The molecule has 0 spiro atoms. The first kappa shape index (κ1) is 126. The van der Waals surface area contributed by atoms with E-state index in [1.165, 1.54) is 55.6 Å². The van der Waals surface area contributed by atoms with Crippen molar-refractivity contribution < 1.29 is 181 Å². The van der Waals surface area contributed by atoms with E-state index in [2.05, 4.69) is 265 Å². The molecule has 0 aliphatic rings. The summed E-state index contributed by atoms with van der Waals surface area (Å²) in [6, 6.07) is 166. The smallest absolute Gasteiger partial charge is 0.0239 e. The van der Waals surface area contributed by atoms with Crippen LogP contribution in [0.1, 0.15) is 59.7 Å². The van der Waals surface area contributed by atoms with Gasteiger partial charge in [-0.25, -0.2) is 0 Å². The zero-order valence-electron chi connectivity index (χ0n) is 81.0. The van der Waals surface area contributed by atoms with Gasteiger partial charge in [0.25, 0.3) is 0 Å². The van der Waals surface area contributed by atoms with Crippen LogP contribution in [0.3, 0.4) is 0 Å². The van der Waals surface area contributed by atoms with Gasteiger partial charge in [0.15, 0.2) is 0 Å². The van der Waals surface area contributed by atoms with Gasteiger partial charge in [0.1, 0.15) is 0 Å². The molecule has 0 aliphatic carbocycles. The summed E-state index contributed by atoms with van der Waals surface area (Å²) in [5, 5.41) is 0. The van der Waals surface area contributed by atoms with Crippen LogP contribution < -0.4 is 0 Å². The molecule has 0 unspecified atom stereocenters. The summed E-state index contributed by atoms with van der Waals surface area (Å²) in [6.07, 6.45) is 16.4. The van der Waals surface area contributed by atoms with Gasteiger partial charge >= 0.3 is 0 Å². The number of rotatable bonds is 12. The SMILES string of the molecule is CC(C)(C)c1cc[c-]c(-c2ccccn2)c1.Cc1[c-]c(-c2ccccn2)cc(C)c1.Cc1c[c-]c(-c2ccccn2)cc1.Cc1ccc[c-]c1-c1ccccn1.Cc1cccnc1-c1[c-]cccc1.Cc1ccnc(-c2[c-]cccc2)c1.[Ir].[Ir].[Ir].[Ir].[Ir].[Ir].[Ir].[Ir].[Ir].[c-]1ccccc1-c1cc(-c2ccccc2)ccn1.[c-]1ccccc1-c1ccc(-c2ccccc2)cn1.[c-]1ccccc1-c1ncccc1-c1ccccc1. The first-order valence-corrected chi connectivity index (χ1v) is 45.0. The Morgan fingerprint density at radius 1 is 0.207 bits per heavy atom. The number of hydrogen-bond acceptors (Lipinski definition) is 9. The zero-order valence-corrected chi connectivity index (χ0v) is 103. The molecule has 9 nitrogen and oxygen atoms in total. The van der Waals surface area contributed by atoms with E-state index >= 15 is 0 Å². The summed E-state index contributed by atoms with van der Waals surface area (Å²) < 4.78 is 0. The summed E-state index contributed by atoms with van der Waals surface area (Å²) in [4.78, 5) is 39.2. The van der Waals surface area contributed by atoms with Crippen molar-refractivity contribution in [2.45, 2.75) is 67.7 Å². The molecule has 145 heavy (non-hydrogen) atoms. The van der Waals surface area contributed by atoms with E-state index in [9.17, 15) is 0 Å². The van der Waals surface area contributed by atoms with Gasteiger partial charge < -0.3 is 44.9 Å². The van der Waals surface area contributed by atoms with Crippen LogP contribution in [0.5, 0.6) is 0 Å². The Hall–Kier alpha value is -11.2. The molecular formula is C127H104Ir9N9-9. The van der Waals surface area contributed by atoms with E-state index in [1.54, 1.807) is 18.6 Å². The standard InChI is InChI=1S/3C17H12N.C15H16N.C13H12N.4C12H10N.9Ir/c1-3-8-14(9-4-1)16-12-7-13-18-17(16)15-10-5-2-6-11-15;1-3-7-14(8-4-1)16-11-12-18-17(13-16)15-9-5-2-6-10-15;1-3-7-14(8-4-1)16-11-12-17(18-13-16)15-9-5-2-6-10-15;1-15(2,3)13-8-6-7-12(11-13)14-9-4-5-10-16-14;1-10-7-11(2)9-12(8-10)13-5-3-4-6-14-13;1-10-6-2-3-7-11(10)12-8-4-5-9-13-12;1-10-5-7-11(8-6-10)12-4-2-3-9-13-12;1-10-6-5-9-13-12(10)11-7-3-2-4-8-11;1-10-7-8-13-12(9-10)11-5-3-2-4-6-11;;;;;;;;;/h1-10,12-13H;2*1-9,11-13H;4-6,8-11H,1-3H3;3-8H,1-2H3;2-6,8-9H,1H3;2*2-7,9H,1H3;2-5,7-9H,1H3;;;;;;;;;/q9*-1;;;;;;;;;. The van der Waals surface area contributed by atoms with Gasteiger partial charge in [-0.15, -0.1) is 321 Å². The molecule has 12 aromatic carbocycles. The molecule has 9 aromatic heterocycles. The van der Waals surface area contributed by atoms with Crippen molar-refractivity contribution in [3.63, 3.8) is 0 Å². The summed E-state index contributed by atoms with van der Waals surface area (Å²) in [7, 11) is 0. The monoisotopic (exact) mass is 3490 g/mol. The van der Waals surface area contributed by atoms with E-state index in [1.807, 2.05) is 347 Å². The summed E-state index contributed by atoms with van der Waals surface area (Å²) >= 11 is 0. The minimum atomic E-state index is 0. The Bertz CT molecular complexity index is 6810. The molecule has 18 heteroatoms. The van der Waals surface area contributed by atoms with E-state index in [0.29, 0.717) is 0 Å². The van der Waals surface area contributed by atoms with E-state index in [-0.39, 0.29) is 186 Å². The fraction of sp³-hybridized carbons (Fsp3) is 0.0787. The van der Waals surface area contributed by atoms with Gasteiger partial charge in [-0.3, -0.25) is 0 Å². The number of hydrogen-bond donors (Lipinski definition) is 0. The molecule has 0 aliphatic heterocycles. The van der Waals surface area contributed by atoms with Crippen LogP contribution in [0.2, 0.25) is 0 Å². The second kappa shape index (κ2) is 69.1. The predicted molar refractivity (Wildman–Crippen MR) is 560 cm³/mol. The Labute approximate surface area is 979 Å². The van der Waals surface area contributed by atoms with Crippen molar-refractivity contribution in [3.8, 4) is 135 Å². The fourth-order valence-corrected chi connectivity index (χ4v) is 14.1. The average Bonchev–Trinajstić information content (AvgIpc) is 0.799. The quantitative estimate of drug-likeness (QED) is 0.110. The second-order valence-electron chi connectivity index (χ2n) is 32.5. The van der Waals surface area contributed by atoms with Crippen molar-refractivity contribution in [1.29, 1.82) is 0 Å². The van der Waals surface area contributed by atoms with Crippen LogP contribution >= 0.6 is 0 Å². The van der Waals surface area contributed by atoms with Crippen LogP contribution in [0.15, 0.2) is 468 Å². The molecule has 0 saturated heterocycles. The maximum atomic E-state index is 4.49. The minimum absolute atomic E-state index is 0. The fourth-order valence-electron chi connectivity index (χ4n) is 14.1. The molecule has 21 rings (SSSR count). The normalized spacial score (nSPS) is 9.61. The summed E-state index contributed by atoms with van der Waals surface area (Å²) in [6.45, 7) is 19.0. The average molecular weight is 3490 g/mol. The number of aryl methyl sites for hydroxylation is 6. The van der Waals surface area contributed by atoms with Crippen LogP contribution in [0, 0.1) is 96.1 Å². The van der Waals surface area contributed by atoms with Crippen LogP contribution in [0.4, 0.5) is 0 Å². The topological polar surface area (TPSA) is 116 Å². The van der Waals surface area contributed by atoms with Crippen molar-refractivity contribution in [3.05, 3.63) is 562 Å². The van der Waals surface area contributed by atoms with E-state index in [4.69, 9.17) is 0 Å². The number of nitrogens with zero attached hydrogens (tertiary/aromatic N) is 9. The van der Waals surface area contributed by atoms with Crippen molar-refractivity contribution in [2.75, 3.05) is 0 Å². The van der Waals surface area contributed by atoms with Crippen LogP contribution in [-0.4, -0.2) is 44.9 Å². The molecule has 9 radical (unpaired) electrons. The van der Waals surface area contributed by atoms with E-state index in [0.717, 1.165) is 118 Å². The molecule has 0 N–H and O–H groups in total. The largest absolute Gasteiger partial charge is 0.305 e. The van der Waals surface area contributed by atoms with Gasteiger partial charge in [0, 0.05) is 237 Å². The minimum Gasteiger partial charge on any atom is -0.305 e. The van der Waals surface area contributed by atoms with Crippen molar-refractivity contribution >= 4 is 0 Å². The molecule has 9 heterocycles. The Balaban J connectivity index is 0.000000338. The summed E-state index contributed by atoms with van der Waals surface area (Å²) in [5.74, 6) is 0. The van der Waals surface area contributed by atoms with Gasteiger partial charge in [-0.05, 0) is 152 Å². The Morgan fingerprint density at radius 3 is 1.08 bits per heavy atom.